The van der Waals surface area contributed by atoms with Crippen LogP contribution < -0.4 is 11.2 Å². The highest BCUT2D eigenvalue weighted by Crippen LogP contribution is 2.11. The van der Waals surface area contributed by atoms with Crippen LogP contribution in [0.15, 0.2) is 14.6 Å². The van der Waals surface area contributed by atoms with Gasteiger partial charge in [-0.3, -0.25) is 9.78 Å². The van der Waals surface area contributed by atoms with Crippen molar-refractivity contribution in [1.29, 1.82) is 0 Å². The van der Waals surface area contributed by atoms with E-state index in [1.807, 2.05) is 4.98 Å². The van der Waals surface area contributed by atoms with Gasteiger partial charge in [0.2, 0.25) is 0 Å². The van der Waals surface area contributed by atoms with Crippen molar-refractivity contribution in [2.24, 2.45) is 0 Å². The maximum Gasteiger partial charge on any atom is 0.344 e. The lowest BCUT2D eigenvalue weighted by Gasteiger charge is -1.98. The van der Waals surface area contributed by atoms with Crippen molar-refractivity contribution >= 4 is 17.7 Å². The summed E-state index contributed by atoms with van der Waals surface area (Å²) in [6.07, 6.45) is 1.57. The van der Waals surface area contributed by atoms with E-state index in [9.17, 15) is 14.4 Å². The van der Waals surface area contributed by atoms with E-state index in [0.717, 1.165) is 11.8 Å². The van der Waals surface area contributed by atoms with Crippen molar-refractivity contribution in [2.75, 3.05) is 6.26 Å². The van der Waals surface area contributed by atoms with Crippen LogP contribution in [-0.4, -0.2) is 27.3 Å². The van der Waals surface area contributed by atoms with Gasteiger partial charge in [-0.15, -0.1) is 11.8 Å². The van der Waals surface area contributed by atoms with Crippen molar-refractivity contribution < 1.29 is 9.90 Å². The number of rotatable bonds is 2. The van der Waals surface area contributed by atoms with Crippen molar-refractivity contribution in [1.82, 2.24) is 9.97 Å². The summed E-state index contributed by atoms with van der Waals surface area (Å²) >= 11 is 0.996. The van der Waals surface area contributed by atoms with Gasteiger partial charge in [0.15, 0.2) is 5.56 Å². The topological polar surface area (TPSA) is 103 Å². The molecule has 0 fully saturated rings. The summed E-state index contributed by atoms with van der Waals surface area (Å²) in [5.41, 5.74) is -2.04. The molecule has 1 rings (SSSR count). The summed E-state index contributed by atoms with van der Waals surface area (Å²) in [6.45, 7) is 0. The van der Waals surface area contributed by atoms with E-state index < -0.39 is 22.8 Å². The van der Waals surface area contributed by atoms with Gasteiger partial charge in [0, 0.05) is 0 Å². The highest BCUT2D eigenvalue weighted by Gasteiger charge is 2.15. The largest absolute Gasteiger partial charge is 0.477 e. The summed E-state index contributed by atoms with van der Waals surface area (Å²) < 4.78 is 0. The van der Waals surface area contributed by atoms with E-state index in [0.29, 0.717) is 0 Å². The van der Waals surface area contributed by atoms with Gasteiger partial charge in [0.1, 0.15) is 0 Å². The van der Waals surface area contributed by atoms with Crippen LogP contribution in [0.4, 0.5) is 0 Å². The molecule has 0 aliphatic carbocycles. The van der Waals surface area contributed by atoms with Crippen LogP contribution in [0.25, 0.3) is 0 Å². The van der Waals surface area contributed by atoms with Gasteiger partial charge >= 0.3 is 11.7 Å². The molecule has 0 atom stereocenters. The second-order valence-electron chi connectivity index (χ2n) is 2.12. The fourth-order valence-corrected chi connectivity index (χ4v) is 1.39. The molecule has 0 radical (unpaired) electrons. The maximum atomic E-state index is 11.0. The molecule has 0 spiro atoms. The zero-order chi connectivity index (χ0) is 10.0. The van der Waals surface area contributed by atoms with Gasteiger partial charge in [0.25, 0.3) is 5.56 Å². The van der Waals surface area contributed by atoms with E-state index in [4.69, 9.17) is 5.11 Å². The van der Waals surface area contributed by atoms with Crippen molar-refractivity contribution in [3.8, 4) is 0 Å². The molecule has 0 unspecified atom stereocenters. The Morgan fingerprint density at radius 1 is 1.38 bits per heavy atom. The Morgan fingerprint density at radius 2 is 2.00 bits per heavy atom. The zero-order valence-electron chi connectivity index (χ0n) is 6.58. The molecule has 3 N–H and O–H groups in total. The number of carbonyl (C=O) groups is 1. The standard InChI is InChI=1S/C6H6N2O4S/c1-13-4-2(5(10)11)3(9)7-6(12)8-4/h1H3,(H,10,11)(H2,7,8,9,12). The lowest BCUT2D eigenvalue weighted by Crippen LogP contribution is -2.28. The van der Waals surface area contributed by atoms with Crippen LogP contribution >= 0.6 is 11.8 Å². The number of nitrogens with one attached hydrogen (secondary N) is 2. The molecule has 1 heterocycles. The molecule has 7 heteroatoms. The number of hydrogen-bond donors (Lipinski definition) is 3. The third-order valence-corrected chi connectivity index (χ3v) is 2.04. The first-order valence-electron chi connectivity index (χ1n) is 3.20. The summed E-state index contributed by atoms with van der Waals surface area (Å²) in [5, 5.41) is 8.67. The number of aromatic amines is 2. The summed E-state index contributed by atoms with van der Waals surface area (Å²) in [4.78, 5) is 36.3. The monoisotopic (exact) mass is 202 g/mol. The molecule has 70 valence electrons. The van der Waals surface area contributed by atoms with Gasteiger partial charge in [-0.2, -0.15) is 0 Å². The Hall–Kier alpha value is -1.50. The number of aromatic carboxylic acids is 1. The molecule has 6 nitrogen and oxygen atoms in total. The second-order valence-corrected chi connectivity index (χ2v) is 2.94. The molecule has 0 aliphatic heterocycles. The lowest BCUT2D eigenvalue weighted by atomic mass is 10.3. The first-order valence-corrected chi connectivity index (χ1v) is 4.42. The predicted octanol–water partition coefficient (Wildman–Crippen LogP) is -0.517. The maximum absolute atomic E-state index is 11.0. The van der Waals surface area contributed by atoms with E-state index in [1.165, 1.54) is 0 Å². The normalized spacial score (nSPS) is 9.92. The molecule has 0 aromatic carbocycles. The quantitative estimate of drug-likeness (QED) is 0.442. The van der Waals surface area contributed by atoms with Crippen LogP contribution in [0.5, 0.6) is 0 Å². The van der Waals surface area contributed by atoms with Crippen LogP contribution in [-0.2, 0) is 0 Å². The average molecular weight is 202 g/mol. The molecule has 0 saturated carbocycles. The van der Waals surface area contributed by atoms with Gasteiger partial charge in [0.05, 0.1) is 5.03 Å². The van der Waals surface area contributed by atoms with Crippen LogP contribution in [0.2, 0.25) is 0 Å². The Morgan fingerprint density at radius 3 is 2.46 bits per heavy atom. The van der Waals surface area contributed by atoms with E-state index >= 15 is 0 Å². The molecule has 1 aromatic rings. The molecule has 1 aromatic heterocycles. The minimum absolute atomic E-state index is 0.0567. The Balaban J connectivity index is 3.57. The molecular weight excluding hydrogens is 196 g/mol. The first kappa shape index (κ1) is 9.59. The number of H-pyrrole nitrogens is 2. The highest BCUT2D eigenvalue weighted by molar-refractivity contribution is 7.98. The first-order chi connectivity index (χ1) is 6.06. The molecule has 13 heavy (non-hydrogen) atoms. The third-order valence-electron chi connectivity index (χ3n) is 1.33. The molecule has 0 amide bonds. The molecular formula is C6H6N2O4S. The SMILES string of the molecule is CSc1[nH]c(=O)[nH]c(=O)c1C(=O)O. The minimum Gasteiger partial charge on any atom is -0.477 e. The Bertz CT molecular complexity index is 447. The number of carboxylic acid groups (broad SMARTS) is 1. The Labute approximate surface area is 76.0 Å². The third kappa shape index (κ3) is 1.81. The second kappa shape index (κ2) is 3.48. The number of aromatic nitrogens is 2. The van der Waals surface area contributed by atoms with Crippen molar-refractivity contribution in [3.63, 3.8) is 0 Å². The number of thioether (sulfide) groups is 1. The van der Waals surface area contributed by atoms with Gasteiger partial charge in [-0.05, 0) is 6.26 Å². The fraction of sp³-hybridized carbons (Fsp3) is 0.167. The summed E-state index contributed by atoms with van der Waals surface area (Å²) in [5.74, 6) is -1.36. The molecule has 0 saturated heterocycles. The Kier molecular flexibility index (Phi) is 2.57. The van der Waals surface area contributed by atoms with Gasteiger partial charge in [-0.1, -0.05) is 0 Å². The predicted molar refractivity (Wildman–Crippen MR) is 46.4 cm³/mol. The van der Waals surface area contributed by atoms with Crippen molar-refractivity contribution in [2.45, 2.75) is 5.03 Å². The summed E-state index contributed by atoms with van der Waals surface area (Å²) in [6, 6.07) is 0. The number of hydrogen-bond acceptors (Lipinski definition) is 4. The molecule has 0 aliphatic rings. The van der Waals surface area contributed by atoms with Gasteiger partial charge < -0.3 is 10.1 Å². The van der Waals surface area contributed by atoms with E-state index in [2.05, 4.69) is 4.98 Å². The molecule has 0 bridgehead atoms. The smallest absolute Gasteiger partial charge is 0.344 e. The summed E-state index contributed by atoms with van der Waals surface area (Å²) in [7, 11) is 0. The van der Waals surface area contributed by atoms with Crippen LogP contribution in [0, 0.1) is 0 Å². The van der Waals surface area contributed by atoms with Gasteiger partial charge in [-0.25, -0.2) is 9.59 Å². The van der Waals surface area contributed by atoms with Crippen LogP contribution in [0.3, 0.4) is 0 Å². The highest BCUT2D eigenvalue weighted by atomic mass is 32.2. The average Bonchev–Trinajstić information content (AvgIpc) is 2.01. The zero-order valence-corrected chi connectivity index (χ0v) is 7.40. The van der Waals surface area contributed by atoms with E-state index in [-0.39, 0.29) is 5.03 Å². The lowest BCUT2D eigenvalue weighted by molar-refractivity contribution is 0.0690. The fourth-order valence-electron chi connectivity index (χ4n) is 0.813. The van der Waals surface area contributed by atoms with E-state index in [1.54, 1.807) is 6.26 Å². The van der Waals surface area contributed by atoms with Crippen molar-refractivity contribution in [3.05, 3.63) is 26.4 Å². The van der Waals surface area contributed by atoms with Crippen LogP contribution in [0.1, 0.15) is 10.4 Å². The number of carboxylic acids is 1. The minimum atomic E-state index is -1.36.